The van der Waals surface area contributed by atoms with Gasteiger partial charge in [0.1, 0.15) is 0 Å². The van der Waals surface area contributed by atoms with E-state index >= 15 is 0 Å². The van der Waals surface area contributed by atoms with Gasteiger partial charge in [-0.05, 0) is 36.6 Å². The lowest BCUT2D eigenvalue weighted by Gasteiger charge is -2.12. The van der Waals surface area contributed by atoms with Gasteiger partial charge >= 0.3 is 0 Å². The lowest BCUT2D eigenvalue weighted by molar-refractivity contribution is 0.586. The fraction of sp³-hybridized carbons (Fsp3) is 0.333. The zero-order valence-electron chi connectivity index (χ0n) is 10.7. The highest BCUT2D eigenvalue weighted by Gasteiger charge is 2.03. The van der Waals surface area contributed by atoms with Gasteiger partial charge in [0.2, 0.25) is 0 Å². The van der Waals surface area contributed by atoms with Crippen LogP contribution in [0.15, 0.2) is 48.7 Å². The Morgan fingerprint density at radius 1 is 1.11 bits per heavy atom. The van der Waals surface area contributed by atoms with E-state index in [1.165, 1.54) is 5.56 Å². The van der Waals surface area contributed by atoms with Crippen LogP contribution in [0.2, 0.25) is 0 Å². The van der Waals surface area contributed by atoms with Crippen molar-refractivity contribution in [1.29, 1.82) is 0 Å². The molecule has 0 radical (unpaired) electrons. The number of benzene rings is 1. The Morgan fingerprint density at radius 2 is 1.94 bits per heavy atom. The SMILES string of the molecule is CC(CCNCc1cccnn1)c1ccccc1. The van der Waals surface area contributed by atoms with E-state index in [-0.39, 0.29) is 0 Å². The molecule has 1 aromatic heterocycles. The third-order valence-corrected chi connectivity index (χ3v) is 3.06. The number of rotatable bonds is 6. The molecule has 0 amide bonds. The van der Waals surface area contributed by atoms with Crippen LogP contribution in [0.3, 0.4) is 0 Å². The minimum absolute atomic E-state index is 0.584. The zero-order chi connectivity index (χ0) is 12.6. The van der Waals surface area contributed by atoms with Crippen molar-refractivity contribution in [2.75, 3.05) is 6.54 Å². The van der Waals surface area contributed by atoms with E-state index in [1.54, 1.807) is 6.20 Å². The van der Waals surface area contributed by atoms with Crippen molar-refractivity contribution in [1.82, 2.24) is 15.5 Å². The molecule has 1 unspecified atom stereocenters. The van der Waals surface area contributed by atoms with Crippen LogP contribution in [0.5, 0.6) is 0 Å². The predicted octanol–water partition coefficient (Wildman–Crippen LogP) is 2.76. The first-order chi connectivity index (χ1) is 8.86. The quantitative estimate of drug-likeness (QED) is 0.790. The summed E-state index contributed by atoms with van der Waals surface area (Å²) in [6, 6.07) is 14.5. The second-order valence-corrected chi connectivity index (χ2v) is 4.49. The molecule has 18 heavy (non-hydrogen) atoms. The van der Waals surface area contributed by atoms with Gasteiger partial charge in [0.15, 0.2) is 0 Å². The van der Waals surface area contributed by atoms with Crippen LogP contribution in [-0.2, 0) is 6.54 Å². The molecule has 0 saturated heterocycles. The first-order valence-corrected chi connectivity index (χ1v) is 6.38. The smallest absolute Gasteiger partial charge is 0.0768 e. The molecule has 0 aliphatic carbocycles. The van der Waals surface area contributed by atoms with Crippen LogP contribution in [-0.4, -0.2) is 16.7 Å². The van der Waals surface area contributed by atoms with Crippen LogP contribution in [0.25, 0.3) is 0 Å². The lowest BCUT2D eigenvalue weighted by Crippen LogP contribution is -2.17. The molecule has 0 spiro atoms. The van der Waals surface area contributed by atoms with Gasteiger partial charge in [-0.2, -0.15) is 10.2 Å². The van der Waals surface area contributed by atoms with Crippen LogP contribution in [0.1, 0.15) is 30.5 Å². The molecule has 0 fully saturated rings. The van der Waals surface area contributed by atoms with Gasteiger partial charge in [0.25, 0.3) is 0 Å². The third kappa shape index (κ3) is 3.93. The minimum atomic E-state index is 0.584. The summed E-state index contributed by atoms with van der Waals surface area (Å²) < 4.78 is 0. The monoisotopic (exact) mass is 241 g/mol. The highest BCUT2D eigenvalue weighted by Crippen LogP contribution is 2.17. The van der Waals surface area contributed by atoms with Crippen molar-refractivity contribution in [3.05, 3.63) is 59.9 Å². The maximum atomic E-state index is 4.04. The normalized spacial score (nSPS) is 12.3. The molecule has 3 nitrogen and oxygen atoms in total. The molecule has 0 aliphatic rings. The first kappa shape index (κ1) is 12.7. The van der Waals surface area contributed by atoms with E-state index < -0.39 is 0 Å². The van der Waals surface area contributed by atoms with E-state index in [0.717, 1.165) is 25.2 Å². The maximum absolute atomic E-state index is 4.04. The molecule has 0 saturated carbocycles. The fourth-order valence-electron chi connectivity index (χ4n) is 1.91. The van der Waals surface area contributed by atoms with Gasteiger partial charge < -0.3 is 5.32 Å². The highest BCUT2D eigenvalue weighted by atomic mass is 15.1. The molecule has 0 bridgehead atoms. The van der Waals surface area contributed by atoms with E-state index in [9.17, 15) is 0 Å². The second kappa shape index (κ2) is 6.87. The number of nitrogens with one attached hydrogen (secondary N) is 1. The van der Waals surface area contributed by atoms with Crippen molar-refractivity contribution in [3.8, 4) is 0 Å². The maximum Gasteiger partial charge on any atom is 0.0768 e. The Hall–Kier alpha value is -1.74. The molecule has 3 heteroatoms. The Balaban J connectivity index is 1.70. The molecule has 94 valence electrons. The molecule has 0 aliphatic heterocycles. The van der Waals surface area contributed by atoms with Crippen molar-refractivity contribution < 1.29 is 0 Å². The average molecular weight is 241 g/mol. The van der Waals surface area contributed by atoms with Gasteiger partial charge in [0, 0.05) is 12.7 Å². The highest BCUT2D eigenvalue weighted by molar-refractivity contribution is 5.18. The first-order valence-electron chi connectivity index (χ1n) is 6.38. The van der Waals surface area contributed by atoms with Gasteiger partial charge in [-0.1, -0.05) is 37.3 Å². The number of nitrogens with zero attached hydrogens (tertiary/aromatic N) is 2. The van der Waals surface area contributed by atoms with Gasteiger partial charge in [-0.15, -0.1) is 0 Å². The topological polar surface area (TPSA) is 37.8 Å². The minimum Gasteiger partial charge on any atom is -0.311 e. The summed E-state index contributed by atoms with van der Waals surface area (Å²) in [7, 11) is 0. The zero-order valence-corrected chi connectivity index (χ0v) is 10.7. The number of hydrogen-bond donors (Lipinski definition) is 1. The summed E-state index contributed by atoms with van der Waals surface area (Å²) in [5, 5.41) is 11.3. The summed E-state index contributed by atoms with van der Waals surface area (Å²) in [4.78, 5) is 0. The van der Waals surface area contributed by atoms with Gasteiger partial charge in [-0.3, -0.25) is 0 Å². The van der Waals surface area contributed by atoms with Crippen molar-refractivity contribution >= 4 is 0 Å². The number of aromatic nitrogens is 2. The van der Waals surface area contributed by atoms with Crippen LogP contribution in [0.4, 0.5) is 0 Å². The Bertz CT molecular complexity index is 442. The van der Waals surface area contributed by atoms with Crippen molar-refractivity contribution in [2.24, 2.45) is 0 Å². The Morgan fingerprint density at radius 3 is 2.67 bits per heavy atom. The molecule has 1 aromatic carbocycles. The standard InChI is InChI=1S/C15H19N3/c1-13(14-6-3-2-4-7-14)9-11-16-12-15-8-5-10-17-18-15/h2-8,10,13,16H,9,11-12H2,1H3. The molecule has 2 rings (SSSR count). The predicted molar refractivity (Wildman–Crippen MR) is 73.2 cm³/mol. The van der Waals surface area contributed by atoms with Crippen molar-refractivity contribution in [2.45, 2.75) is 25.8 Å². The number of hydrogen-bond acceptors (Lipinski definition) is 3. The fourth-order valence-corrected chi connectivity index (χ4v) is 1.91. The molecule has 1 heterocycles. The lowest BCUT2D eigenvalue weighted by atomic mass is 9.98. The van der Waals surface area contributed by atoms with E-state index in [1.807, 2.05) is 12.1 Å². The summed E-state index contributed by atoms with van der Waals surface area (Å²) in [6.07, 6.45) is 2.82. The van der Waals surface area contributed by atoms with Gasteiger partial charge in [-0.25, -0.2) is 0 Å². The van der Waals surface area contributed by atoms with E-state index in [4.69, 9.17) is 0 Å². The molecule has 1 atom stereocenters. The molecule has 2 aromatic rings. The summed E-state index contributed by atoms with van der Waals surface area (Å²) in [5.74, 6) is 0.584. The Labute approximate surface area is 108 Å². The van der Waals surface area contributed by atoms with Crippen molar-refractivity contribution in [3.63, 3.8) is 0 Å². The molecular weight excluding hydrogens is 222 g/mol. The van der Waals surface area contributed by atoms with E-state index in [2.05, 4.69) is 52.8 Å². The molecule has 1 N–H and O–H groups in total. The summed E-state index contributed by atoms with van der Waals surface area (Å²) in [6.45, 7) is 4.04. The average Bonchev–Trinajstić information content (AvgIpc) is 2.45. The Kier molecular flexibility index (Phi) is 4.85. The van der Waals surface area contributed by atoms with E-state index in [0.29, 0.717) is 5.92 Å². The van der Waals surface area contributed by atoms with Gasteiger partial charge in [0.05, 0.1) is 5.69 Å². The summed E-state index contributed by atoms with van der Waals surface area (Å²) in [5.41, 5.74) is 2.39. The third-order valence-electron chi connectivity index (χ3n) is 3.06. The second-order valence-electron chi connectivity index (χ2n) is 4.49. The van der Waals surface area contributed by atoms with Crippen LogP contribution < -0.4 is 5.32 Å². The summed E-state index contributed by atoms with van der Waals surface area (Å²) >= 11 is 0. The van der Waals surface area contributed by atoms with Crippen LogP contribution in [0, 0.1) is 0 Å². The molecular formula is C15H19N3. The largest absolute Gasteiger partial charge is 0.311 e. The van der Waals surface area contributed by atoms with Crippen LogP contribution >= 0.6 is 0 Å².